The maximum absolute atomic E-state index is 12.2. The Morgan fingerprint density at radius 3 is 2.50 bits per heavy atom. The van der Waals surface area contributed by atoms with Crippen molar-refractivity contribution in [3.05, 3.63) is 34.9 Å². The third-order valence-electron chi connectivity index (χ3n) is 2.54. The maximum Gasteiger partial charge on any atom is 0.414 e. The second kappa shape index (κ2) is 5.39. The van der Waals surface area contributed by atoms with Crippen molar-refractivity contribution in [1.82, 2.24) is 0 Å². The highest BCUT2D eigenvalue weighted by Crippen LogP contribution is 2.24. The summed E-state index contributed by atoms with van der Waals surface area (Å²) in [7, 11) is 0. The van der Waals surface area contributed by atoms with Crippen molar-refractivity contribution in [2.24, 2.45) is 0 Å². The van der Waals surface area contributed by atoms with E-state index in [0.29, 0.717) is 11.1 Å². The lowest BCUT2D eigenvalue weighted by Gasteiger charge is -2.17. The first-order chi connectivity index (χ1) is 8.21. The number of carbonyl (C=O) groups is 1. The van der Waals surface area contributed by atoms with Crippen LogP contribution in [0.4, 0.5) is 13.2 Å². The van der Waals surface area contributed by atoms with Crippen molar-refractivity contribution in [3.8, 4) is 0 Å². The van der Waals surface area contributed by atoms with Gasteiger partial charge in [-0.25, -0.2) is 4.79 Å². The van der Waals surface area contributed by atoms with Crippen LogP contribution in [0.3, 0.4) is 0 Å². The molecule has 0 heterocycles. The van der Waals surface area contributed by atoms with Crippen molar-refractivity contribution < 1.29 is 27.8 Å². The second-order valence-corrected chi connectivity index (χ2v) is 3.94. The summed E-state index contributed by atoms with van der Waals surface area (Å²) in [6.45, 7) is 2.36. The van der Waals surface area contributed by atoms with Gasteiger partial charge in [0.15, 0.2) is 6.10 Å². The summed E-state index contributed by atoms with van der Waals surface area (Å²) < 4.78 is 41.4. The van der Waals surface area contributed by atoms with Crippen LogP contribution < -0.4 is 0 Å². The molecule has 0 aliphatic heterocycles. The first-order valence-electron chi connectivity index (χ1n) is 5.23. The van der Waals surface area contributed by atoms with Crippen LogP contribution in [0.1, 0.15) is 28.4 Å². The Labute approximate surface area is 102 Å². The van der Waals surface area contributed by atoms with E-state index in [2.05, 4.69) is 0 Å². The van der Waals surface area contributed by atoms with E-state index in [-0.39, 0.29) is 12.2 Å². The van der Waals surface area contributed by atoms with E-state index in [4.69, 9.17) is 9.84 Å². The Balaban J connectivity index is 2.72. The van der Waals surface area contributed by atoms with Gasteiger partial charge in [-0.1, -0.05) is 6.07 Å². The SMILES string of the molecule is Cc1cc(C(=O)O)ccc1COC(C)C(F)(F)F. The Morgan fingerprint density at radius 2 is 2.06 bits per heavy atom. The molecule has 1 aromatic carbocycles. The van der Waals surface area contributed by atoms with Crippen molar-refractivity contribution in [3.63, 3.8) is 0 Å². The molecule has 0 amide bonds. The second-order valence-electron chi connectivity index (χ2n) is 3.94. The lowest BCUT2D eigenvalue weighted by atomic mass is 10.1. The number of rotatable bonds is 4. The van der Waals surface area contributed by atoms with E-state index in [1.807, 2.05) is 0 Å². The summed E-state index contributed by atoms with van der Waals surface area (Å²) in [6, 6.07) is 4.20. The zero-order valence-electron chi connectivity index (χ0n) is 9.91. The van der Waals surface area contributed by atoms with Crippen LogP contribution in [0.15, 0.2) is 18.2 Å². The minimum Gasteiger partial charge on any atom is -0.478 e. The van der Waals surface area contributed by atoms with Crippen molar-refractivity contribution in [2.45, 2.75) is 32.7 Å². The van der Waals surface area contributed by atoms with Gasteiger partial charge in [0.2, 0.25) is 0 Å². The molecule has 0 aliphatic rings. The van der Waals surface area contributed by atoms with Crippen LogP contribution in [-0.2, 0) is 11.3 Å². The van der Waals surface area contributed by atoms with Crippen LogP contribution >= 0.6 is 0 Å². The molecule has 0 saturated carbocycles. The minimum atomic E-state index is -4.39. The van der Waals surface area contributed by atoms with Gasteiger partial charge in [-0.3, -0.25) is 0 Å². The summed E-state index contributed by atoms with van der Waals surface area (Å²) in [5, 5.41) is 8.74. The summed E-state index contributed by atoms with van der Waals surface area (Å²) in [5.74, 6) is -1.07. The van der Waals surface area contributed by atoms with Crippen molar-refractivity contribution in [1.29, 1.82) is 0 Å². The van der Waals surface area contributed by atoms with Gasteiger partial charge < -0.3 is 9.84 Å². The smallest absolute Gasteiger partial charge is 0.414 e. The predicted octanol–water partition coefficient (Wildman–Crippen LogP) is 3.16. The molecule has 100 valence electrons. The van der Waals surface area contributed by atoms with Crippen LogP contribution in [0.2, 0.25) is 0 Å². The highest BCUT2D eigenvalue weighted by Gasteiger charge is 2.36. The summed E-state index contributed by atoms with van der Waals surface area (Å²) in [6.07, 6.45) is -6.24. The number of hydrogen-bond donors (Lipinski definition) is 1. The predicted molar refractivity (Wildman–Crippen MR) is 58.4 cm³/mol. The van der Waals surface area contributed by atoms with Crippen molar-refractivity contribution in [2.75, 3.05) is 0 Å². The number of aryl methyl sites for hydroxylation is 1. The largest absolute Gasteiger partial charge is 0.478 e. The molecular formula is C12H13F3O3. The van der Waals surface area contributed by atoms with E-state index in [0.717, 1.165) is 6.92 Å². The molecule has 0 fully saturated rings. The van der Waals surface area contributed by atoms with Crippen LogP contribution in [0, 0.1) is 6.92 Å². The lowest BCUT2D eigenvalue weighted by Crippen LogP contribution is -2.28. The standard InChI is InChI=1S/C12H13F3O3/c1-7-5-9(11(16)17)3-4-10(7)6-18-8(2)12(13,14)15/h3-5,8H,6H2,1-2H3,(H,16,17). The van der Waals surface area contributed by atoms with Crippen LogP contribution in [0.25, 0.3) is 0 Å². The fourth-order valence-corrected chi connectivity index (χ4v) is 1.30. The Hall–Kier alpha value is -1.56. The molecule has 6 heteroatoms. The summed E-state index contributed by atoms with van der Waals surface area (Å²) >= 11 is 0. The minimum absolute atomic E-state index is 0.0973. The molecule has 0 saturated heterocycles. The molecule has 0 aromatic heterocycles. The molecule has 0 spiro atoms. The third-order valence-corrected chi connectivity index (χ3v) is 2.54. The number of ether oxygens (including phenoxy) is 1. The molecule has 1 unspecified atom stereocenters. The van der Waals surface area contributed by atoms with E-state index < -0.39 is 18.2 Å². The number of carboxylic acids is 1. The Morgan fingerprint density at radius 1 is 1.44 bits per heavy atom. The van der Waals surface area contributed by atoms with Gasteiger partial charge in [0.1, 0.15) is 0 Å². The van der Waals surface area contributed by atoms with E-state index >= 15 is 0 Å². The van der Waals surface area contributed by atoms with Crippen molar-refractivity contribution >= 4 is 5.97 Å². The molecule has 0 aliphatic carbocycles. The van der Waals surface area contributed by atoms with Gasteiger partial charge in [0.05, 0.1) is 12.2 Å². The zero-order chi connectivity index (χ0) is 13.9. The molecule has 1 atom stereocenters. The molecule has 1 aromatic rings. The van der Waals surface area contributed by atoms with E-state index in [9.17, 15) is 18.0 Å². The lowest BCUT2D eigenvalue weighted by molar-refractivity contribution is -0.217. The first kappa shape index (κ1) is 14.5. The number of hydrogen-bond acceptors (Lipinski definition) is 2. The molecule has 1 rings (SSSR count). The molecule has 1 N–H and O–H groups in total. The first-order valence-corrected chi connectivity index (χ1v) is 5.23. The molecule has 0 radical (unpaired) electrons. The third kappa shape index (κ3) is 3.73. The van der Waals surface area contributed by atoms with Gasteiger partial charge in [0.25, 0.3) is 0 Å². The summed E-state index contributed by atoms with van der Waals surface area (Å²) in [4.78, 5) is 10.7. The molecule has 18 heavy (non-hydrogen) atoms. The number of carboxylic acid groups (broad SMARTS) is 1. The Bertz CT molecular complexity index is 441. The fourth-order valence-electron chi connectivity index (χ4n) is 1.30. The van der Waals surface area contributed by atoms with Gasteiger partial charge in [-0.15, -0.1) is 0 Å². The fraction of sp³-hybridized carbons (Fsp3) is 0.417. The van der Waals surface area contributed by atoms with Gasteiger partial charge in [-0.2, -0.15) is 13.2 Å². The average Bonchev–Trinajstić information content (AvgIpc) is 2.25. The highest BCUT2D eigenvalue weighted by molar-refractivity contribution is 5.87. The number of benzene rings is 1. The number of halogens is 3. The average molecular weight is 262 g/mol. The van der Waals surface area contributed by atoms with Gasteiger partial charge in [-0.05, 0) is 37.1 Å². The van der Waals surface area contributed by atoms with E-state index in [1.165, 1.54) is 18.2 Å². The quantitative estimate of drug-likeness (QED) is 0.906. The molecule has 3 nitrogen and oxygen atoms in total. The highest BCUT2D eigenvalue weighted by atomic mass is 19.4. The number of aromatic carboxylic acids is 1. The molecule has 0 bridgehead atoms. The zero-order valence-corrected chi connectivity index (χ0v) is 9.91. The normalized spacial score (nSPS) is 13.4. The molecular weight excluding hydrogens is 249 g/mol. The topological polar surface area (TPSA) is 46.5 Å². The monoisotopic (exact) mass is 262 g/mol. The van der Waals surface area contributed by atoms with Crippen LogP contribution in [0.5, 0.6) is 0 Å². The summed E-state index contributed by atoms with van der Waals surface area (Å²) in [5.41, 5.74) is 1.22. The van der Waals surface area contributed by atoms with Gasteiger partial charge >= 0.3 is 12.1 Å². The van der Waals surface area contributed by atoms with Crippen LogP contribution in [-0.4, -0.2) is 23.4 Å². The Kier molecular flexibility index (Phi) is 4.34. The van der Waals surface area contributed by atoms with E-state index in [1.54, 1.807) is 6.92 Å². The van der Waals surface area contributed by atoms with Gasteiger partial charge in [0, 0.05) is 0 Å². The number of alkyl halides is 3. The maximum atomic E-state index is 12.2.